The van der Waals surface area contributed by atoms with Crippen LogP contribution in [0.2, 0.25) is 4.34 Å². The first-order chi connectivity index (χ1) is 11.1. The number of rotatable bonds is 4. The molecule has 0 atom stereocenters. The van der Waals surface area contributed by atoms with Gasteiger partial charge in [0, 0.05) is 19.9 Å². The molecule has 0 N–H and O–H groups in total. The topological polar surface area (TPSA) is 43.6 Å². The second-order valence-corrected chi connectivity index (χ2v) is 9.26. The van der Waals surface area contributed by atoms with Crippen LogP contribution in [-0.2, 0) is 16.1 Å². The largest absolute Gasteiger partial charge is 0.383 e. The van der Waals surface area contributed by atoms with Gasteiger partial charge in [-0.25, -0.2) is 0 Å². The predicted octanol–water partition coefficient (Wildman–Crippen LogP) is 3.49. The van der Waals surface area contributed by atoms with Crippen LogP contribution in [0.4, 0.5) is 0 Å². The molecule has 0 saturated heterocycles. The number of thiazole rings is 1. The second kappa shape index (κ2) is 6.01. The van der Waals surface area contributed by atoms with Crippen LogP contribution in [0.15, 0.2) is 11.2 Å². The molecule has 0 unspecified atom stereocenters. The van der Waals surface area contributed by atoms with Gasteiger partial charge >= 0.3 is 0 Å². The zero-order valence-electron chi connectivity index (χ0n) is 13.5. The van der Waals surface area contributed by atoms with E-state index in [4.69, 9.17) is 16.3 Å². The molecule has 23 heavy (non-hydrogen) atoms. The number of halogens is 1. The molecule has 4 bridgehead atoms. The average molecular weight is 355 g/mol. The Hall–Kier alpha value is -0.650. The van der Waals surface area contributed by atoms with E-state index in [2.05, 4.69) is 4.99 Å². The molecule has 1 aromatic heterocycles. The summed E-state index contributed by atoms with van der Waals surface area (Å²) in [5.41, 5.74) is -0.176. The van der Waals surface area contributed by atoms with Crippen LogP contribution < -0.4 is 4.80 Å². The standard InChI is InChI=1S/C17H23ClN2O2S/c1-22-3-2-20-10-14(18)23-16(20)19-15(21)17-7-11-4-12(8-17)6-13(5-11)9-17/h10-13H,2-9H2,1H3. The minimum Gasteiger partial charge on any atom is -0.383 e. The molecular formula is C17H23ClN2O2S. The molecule has 4 fully saturated rings. The molecular weight excluding hydrogens is 332 g/mol. The smallest absolute Gasteiger partial charge is 0.254 e. The Balaban J connectivity index is 1.62. The van der Waals surface area contributed by atoms with Crippen molar-refractivity contribution in [2.45, 2.75) is 45.1 Å². The Morgan fingerprint density at radius 1 is 1.35 bits per heavy atom. The first-order valence-electron chi connectivity index (χ1n) is 8.52. The maximum atomic E-state index is 13.1. The van der Waals surface area contributed by atoms with Gasteiger partial charge in [-0.15, -0.1) is 0 Å². The van der Waals surface area contributed by atoms with E-state index in [1.807, 2.05) is 10.8 Å². The Labute approximate surface area is 145 Å². The van der Waals surface area contributed by atoms with Crippen molar-refractivity contribution in [2.75, 3.05) is 13.7 Å². The lowest BCUT2D eigenvalue weighted by Crippen LogP contribution is -2.49. The third-order valence-corrected chi connectivity index (χ3v) is 7.06. The van der Waals surface area contributed by atoms with Gasteiger partial charge in [-0.05, 0) is 56.3 Å². The van der Waals surface area contributed by atoms with E-state index in [0.717, 1.165) is 37.0 Å². The highest BCUT2D eigenvalue weighted by Gasteiger charge is 2.54. The number of amides is 1. The normalized spacial score (nSPS) is 35.9. The van der Waals surface area contributed by atoms with Gasteiger partial charge in [0.05, 0.1) is 12.0 Å². The van der Waals surface area contributed by atoms with Crippen molar-refractivity contribution in [3.8, 4) is 0 Å². The third kappa shape index (κ3) is 2.92. The van der Waals surface area contributed by atoms with Gasteiger partial charge in [-0.2, -0.15) is 4.99 Å². The minimum absolute atomic E-state index is 0.0984. The molecule has 126 valence electrons. The summed E-state index contributed by atoms with van der Waals surface area (Å²) in [4.78, 5) is 18.3. The van der Waals surface area contributed by atoms with Crippen molar-refractivity contribution >= 4 is 28.8 Å². The molecule has 4 saturated carbocycles. The van der Waals surface area contributed by atoms with Crippen LogP contribution in [0.5, 0.6) is 0 Å². The SMILES string of the molecule is COCCn1cc(Cl)sc1=NC(=O)C12CC3CC(CC(C3)C1)C2. The Bertz CT molecular complexity index is 643. The van der Waals surface area contributed by atoms with E-state index >= 15 is 0 Å². The van der Waals surface area contributed by atoms with Crippen LogP contribution in [0.3, 0.4) is 0 Å². The Morgan fingerprint density at radius 3 is 2.52 bits per heavy atom. The zero-order valence-corrected chi connectivity index (χ0v) is 15.0. The number of hydrogen-bond acceptors (Lipinski definition) is 3. The Morgan fingerprint density at radius 2 is 1.96 bits per heavy atom. The van der Waals surface area contributed by atoms with E-state index in [1.54, 1.807) is 7.11 Å². The van der Waals surface area contributed by atoms with E-state index in [0.29, 0.717) is 22.3 Å². The highest BCUT2D eigenvalue weighted by atomic mass is 35.5. The molecule has 0 spiro atoms. The van der Waals surface area contributed by atoms with Gasteiger partial charge < -0.3 is 9.30 Å². The molecule has 0 aliphatic heterocycles. The average Bonchev–Trinajstić information content (AvgIpc) is 2.83. The lowest BCUT2D eigenvalue weighted by atomic mass is 9.49. The third-order valence-electron chi connectivity index (χ3n) is 5.92. The monoisotopic (exact) mass is 354 g/mol. The minimum atomic E-state index is -0.176. The predicted molar refractivity (Wildman–Crippen MR) is 90.4 cm³/mol. The second-order valence-electron chi connectivity index (χ2n) is 7.62. The quantitative estimate of drug-likeness (QED) is 0.830. The number of carbonyl (C=O) groups excluding carboxylic acids is 1. The Kier molecular flexibility index (Phi) is 4.14. The number of nitrogens with zero attached hydrogens (tertiary/aromatic N) is 2. The van der Waals surface area contributed by atoms with Crippen molar-refractivity contribution in [2.24, 2.45) is 28.2 Å². The van der Waals surface area contributed by atoms with Crippen molar-refractivity contribution in [1.82, 2.24) is 4.57 Å². The first kappa shape index (κ1) is 15.9. The van der Waals surface area contributed by atoms with Crippen LogP contribution in [0.1, 0.15) is 38.5 Å². The number of methoxy groups -OCH3 is 1. The summed E-state index contributed by atoms with van der Waals surface area (Å²) in [5.74, 6) is 2.37. The van der Waals surface area contributed by atoms with Crippen LogP contribution in [0, 0.1) is 23.2 Å². The highest BCUT2D eigenvalue weighted by Crippen LogP contribution is 2.60. The fourth-order valence-corrected chi connectivity index (χ4v) is 6.43. The van der Waals surface area contributed by atoms with Crippen LogP contribution in [0.25, 0.3) is 0 Å². The molecule has 0 aromatic carbocycles. The van der Waals surface area contributed by atoms with E-state index in [1.165, 1.54) is 30.6 Å². The van der Waals surface area contributed by atoms with E-state index in [9.17, 15) is 4.79 Å². The lowest BCUT2D eigenvalue weighted by molar-refractivity contribution is -0.142. The molecule has 0 radical (unpaired) electrons. The van der Waals surface area contributed by atoms with E-state index in [-0.39, 0.29) is 11.3 Å². The van der Waals surface area contributed by atoms with Crippen LogP contribution >= 0.6 is 22.9 Å². The van der Waals surface area contributed by atoms with Crippen molar-refractivity contribution in [1.29, 1.82) is 0 Å². The molecule has 1 heterocycles. The number of aromatic nitrogens is 1. The fraction of sp³-hybridized carbons (Fsp3) is 0.765. The summed E-state index contributed by atoms with van der Waals surface area (Å²) in [7, 11) is 1.67. The van der Waals surface area contributed by atoms with Gasteiger partial charge in [-0.3, -0.25) is 4.79 Å². The summed E-state index contributed by atoms with van der Waals surface area (Å²) in [6, 6.07) is 0. The zero-order chi connectivity index (χ0) is 16.0. The summed E-state index contributed by atoms with van der Waals surface area (Å²) in [6.07, 6.45) is 9.02. The van der Waals surface area contributed by atoms with Crippen molar-refractivity contribution < 1.29 is 9.53 Å². The van der Waals surface area contributed by atoms with Gasteiger partial charge in [-0.1, -0.05) is 22.9 Å². The van der Waals surface area contributed by atoms with Crippen molar-refractivity contribution in [3.05, 3.63) is 15.3 Å². The highest BCUT2D eigenvalue weighted by molar-refractivity contribution is 7.13. The molecule has 6 heteroatoms. The van der Waals surface area contributed by atoms with Gasteiger partial charge in [0.1, 0.15) is 4.34 Å². The number of ether oxygens (including phenoxy) is 1. The maximum Gasteiger partial charge on any atom is 0.254 e. The number of hydrogen-bond donors (Lipinski definition) is 0. The molecule has 4 aliphatic rings. The molecule has 1 amide bonds. The van der Waals surface area contributed by atoms with Gasteiger partial charge in [0.2, 0.25) is 0 Å². The van der Waals surface area contributed by atoms with Crippen molar-refractivity contribution in [3.63, 3.8) is 0 Å². The summed E-state index contributed by atoms with van der Waals surface area (Å²) < 4.78 is 7.73. The molecule has 5 rings (SSSR count). The summed E-state index contributed by atoms with van der Waals surface area (Å²) >= 11 is 7.51. The number of carbonyl (C=O) groups is 1. The van der Waals surface area contributed by atoms with Gasteiger partial charge in [0.25, 0.3) is 5.91 Å². The van der Waals surface area contributed by atoms with Gasteiger partial charge in [0.15, 0.2) is 4.80 Å². The maximum absolute atomic E-state index is 13.1. The lowest BCUT2D eigenvalue weighted by Gasteiger charge is -2.55. The first-order valence-corrected chi connectivity index (χ1v) is 9.71. The molecule has 4 nitrogen and oxygen atoms in total. The van der Waals surface area contributed by atoms with E-state index < -0.39 is 0 Å². The molecule has 1 aromatic rings. The molecule has 4 aliphatic carbocycles. The fourth-order valence-electron chi connectivity index (χ4n) is 5.36. The summed E-state index contributed by atoms with van der Waals surface area (Å²) in [6.45, 7) is 1.26. The van der Waals surface area contributed by atoms with Crippen LogP contribution in [-0.4, -0.2) is 24.2 Å². The summed E-state index contributed by atoms with van der Waals surface area (Å²) in [5, 5.41) is 0.